The second-order valence-electron chi connectivity index (χ2n) is 1.68. The fourth-order valence-corrected chi connectivity index (χ4v) is 0.550. The summed E-state index contributed by atoms with van der Waals surface area (Å²) in [5, 5.41) is 3.17. The van der Waals surface area contributed by atoms with E-state index in [-0.39, 0.29) is 0 Å². The third kappa shape index (κ3) is 0.533. The van der Waals surface area contributed by atoms with Crippen molar-refractivity contribution in [2.45, 2.75) is 12.5 Å². The van der Waals surface area contributed by atoms with E-state index in [1.807, 2.05) is 0 Å². The molecule has 1 aliphatic rings. The molecule has 0 bridgehead atoms. The van der Waals surface area contributed by atoms with Crippen molar-refractivity contribution in [2.75, 3.05) is 13.1 Å². The van der Waals surface area contributed by atoms with Crippen molar-refractivity contribution in [2.24, 2.45) is 5.73 Å². The second-order valence-corrected chi connectivity index (χ2v) is 1.68. The molecule has 0 amide bonds. The summed E-state index contributed by atoms with van der Waals surface area (Å²) in [6, 6.07) is 0.644. The first kappa shape index (κ1) is 4.09. The van der Waals surface area contributed by atoms with Crippen LogP contribution in [0.3, 0.4) is 0 Å². The standard InChI is InChI=1S/C4H10N2/c5-3-4-1-2-6-4/h4,6H,1-3,5H2/t4-/m1/s1. The van der Waals surface area contributed by atoms with Gasteiger partial charge in [0, 0.05) is 12.6 Å². The monoisotopic (exact) mass is 86.1 g/mol. The van der Waals surface area contributed by atoms with Crippen molar-refractivity contribution in [3.63, 3.8) is 0 Å². The second kappa shape index (κ2) is 1.58. The molecule has 0 aromatic rings. The van der Waals surface area contributed by atoms with Crippen LogP contribution in [0.1, 0.15) is 6.42 Å². The Morgan fingerprint density at radius 2 is 2.50 bits per heavy atom. The van der Waals surface area contributed by atoms with Gasteiger partial charge < -0.3 is 11.1 Å². The molecule has 0 aromatic heterocycles. The van der Waals surface area contributed by atoms with Crippen LogP contribution < -0.4 is 11.1 Å². The van der Waals surface area contributed by atoms with E-state index in [1.165, 1.54) is 13.0 Å². The lowest BCUT2D eigenvalue weighted by Gasteiger charge is -2.25. The molecule has 0 saturated carbocycles. The lowest BCUT2D eigenvalue weighted by atomic mass is 10.1. The molecule has 1 fully saturated rings. The van der Waals surface area contributed by atoms with Gasteiger partial charge in [0.15, 0.2) is 0 Å². The zero-order valence-electron chi connectivity index (χ0n) is 3.78. The van der Waals surface area contributed by atoms with Gasteiger partial charge in [0.05, 0.1) is 0 Å². The summed E-state index contributed by atoms with van der Waals surface area (Å²) >= 11 is 0. The van der Waals surface area contributed by atoms with Crippen LogP contribution in [0.5, 0.6) is 0 Å². The predicted molar refractivity (Wildman–Crippen MR) is 25.5 cm³/mol. The van der Waals surface area contributed by atoms with Crippen LogP contribution in [-0.2, 0) is 0 Å². The largest absolute Gasteiger partial charge is 0.329 e. The maximum absolute atomic E-state index is 5.27. The number of rotatable bonds is 1. The Labute approximate surface area is 37.7 Å². The Bertz CT molecular complexity index is 38.1. The highest BCUT2D eigenvalue weighted by atomic mass is 15.0. The highest BCUT2D eigenvalue weighted by Gasteiger charge is 2.12. The molecule has 0 aromatic carbocycles. The summed E-state index contributed by atoms with van der Waals surface area (Å²) < 4.78 is 0. The predicted octanol–water partition coefficient (Wildman–Crippen LogP) is -0.693. The molecule has 0 aliphatic carbocycles. The van der Waals surface area contributed by atoms with Gasteiger partial charge in [-0.05, 0) is 13.0 Å². The minimum atomic E-state index is 0.644. The van der Waals surface area contributed by atoms with Crippen LogP contribution >= 0.6 is 0 Å². The third-order valence-corrected chi connectivity index (χ3v) is 1.21. The zero-order valence-corrected chi connectivity index (χ0v) is 3.78. The Morgan fingerprint density at radius 1 is 1.83 bits per heavy atom. The van der Waals surface area contributed by atoms with Gasteiger partial charge in [-0.25, -0.2) is 0 Å². The van der Waals surface area contributed by atoms with E-state index < -0.39 is 0 Å². The third-order valence-electron chi connectivity index (χ3n) is 1.21. The molecule has 1 rings (SSSR count). The molecule has 1 heterocycles. The average molecular weight is 86.1 g/mol. The van der Waals surface area contributed by atoms with Crippen LogP contribution in [0.25, 0.3) is 0 Å². The summed E-state index contributed by atoms with van der Waals surface area (Å²) in [7, 11) is 0. The van der Waals surface area contributed by atoms with Gasteiger partial charge in [0.25, 0.3) is 0 Å². The Hall–Kier alpha value is -0.0800. The summed E-state index contributed by atoms with van der Waals surface area (Å²) in [5.74, 6) is 0. The molecule has 1 atom stereocenters. The molecule has 1 aliphatic heterocycles. The molecule has 0 unspecified atom stereocenters. The van der Waals surface area contributed by atoms with E-state index >= 15 is 0 Å². The maximum Gasteiger partial charge on any atom is 0.0202 e. The summed E-state index contributed by atoms with van der Waals surface area (Å²) in [5.41, 5.74) is 5.27. The van der Waals surface area contributed by atoms with E-state index in [9.17, 15) is 0 Å². The van der Waals surface area contributed by atoms with E-state index in [0.29, 0.717) is 6.04 Å². The van der Waals surface area contributed by atoms with Gasteiger partial charge in [0.1, 0.15) is 0 Å². The quantitative estimate of drug-likeness (QED) is 0.443. The van der Waals surface area contributed by atoms with Crippen molar-refractivity contribution in [3.8, 4) is 0 Å². The molecule has 0 radical (unpaired) electrons. The van der Waals surface area contributed by atoms with Gasteiger partial charge in [-0.15, -0.1) is 0 Å². The lowest BCUT2D eigenvalue weighted by Crippen LogP contribution is -2.47. The molecular weight excluding hydrogens is 76.1 g/mol. The van der Waals surface area contributed by atoms with Crippen LogP contribution in [-0.4, -0.2) is 19.1 Å². The molecule has 1 saturated heterocycles. The first-order valence-corrected chi connectivity index (χ1v) is 2.37. The van der Waals surface area contributed by atoms with E-state index in [4.69, 9.17) is 5.73 Å². The fraction of sp³-hybridized carbons (Fsp3) is 1.00. The summed E-state index contributed by atoms with van der Waals surface area (Å²) in [4.78, 5) is 0. The number of hydrogen-bond acceptors (Lipinski definition) is 2. The zero-order chi connectivity index (χ0) is 4.41. The van der Waals surface area contributed by atoms with Gasteiger partial charge in [0.2, 0.25) is 0 Å². The van der Waals surface area contributed by atoms with E-state index in [2.05, 4.69) is 5.32 Å². The Kier molecular flexibility index (Phi) is 1.08. The molecule has 2 nitrogen and oxygen atoms in total. The van der Waals surface area contributed by atoms with Gasteiger partial charge in [-0.2, -0.15) is 0 Å². The Balaban J connectivity index is 2.01. The SMILES string of the molecule is NC[C@H]1CCN1. The first-order chi connectivity index (χ1) is 2.93. The van der Waals surface area contributed by atoms with Crippen molar-refractivity contribution in [1.82, 2.24) is 5.32 Å². The number of hydrogen-bond donors (Lipinski definition) is 2. The molecular formula is C4H10N2. The molecule has 36 valence electrons. The first-order valence-electron chi connectivity index (χ1n) is 2.37. The fourth-order valence-electron chi connectivity index (χ4n) is 0.550. The average Bonchev–Trinajstić information content (AvgIpc) is 1.31. The normalized spacial score (nSPS) is 32.5. The van der Waals surface area contributed by atoms with Gasteiger partial charge in [-0.3, -0.25) is 0 Å². The van der Waals surface area contributed by atoms with Gasteiger partial charge in [-0.1, -0.05) is 0 Å². The van der Waals surface area contributed by atoms with Crippen molar-refractivity contribution in [3.05, 3.63) is 0 Å². The van der Waals surface area contributed by atoms with Crippen LogP contribution in [0.4, 0.5) is 0 Å². The van der Waals surface area contributed by atoms with Gasteiger partial charge >= 0.3 is 0 Å². The highest BCUT2D eigenvalue weighted by molar-refractivity contribution is 4.76. The number of nitrogens with one attached hydrogen (secondary N) is 1. The van der Waals surface area contributed by atoms with E-state index in [1.54, 1.807) is 0 Å². The summed E-state index contributed by atoms with van der Waals surface area (Å²) in [6.45, 7) is 1.97. The smallest absolute Gasteiger partial charge is 0.0202 e. The van der Waals surface area contributed by atoms with Crippen molar-refractivity contribution >= 4 is 0 Å². The van der Waals surface area contributed by atoms with Crippen LogP contribution in [0, 0.1) is 0 Å². The Morgan fingerprint density at radius 3 is 2.50 bits per heavy atom. The van der Waals surface area contributed by atoms with Crippen LogP contribution in [0.15, 0.2) is 0 Å². The highest BCUT2D eigenvalue weighted by Crippen LogP contribution is 1.96. The summed E-state index contributed by atoms with van der Waals surface area (Å²) in [6.07, 6.45) is 1.27. The van der Waals surface area contributed by atoms with Crippen LogP contribution in [0.2, 0.25) is 0 Å². The molecule has 6 heavy (non-hydrogen) atoms. The number of nitrogens with two attached hydrogens (primary N) is 1. The maximum atomic E-state index is 5.27. The lowest BCUT2D eigenvalue weighted by molar-refractivity contribution is 0.379. The molecule has 3 N–H and O–H groups in total. The topological polar surface area (TPSA) is 38.0 Å². The minimum absolute atomic E-state index is 0.644. The van der Waals surface area contributed by atoms with Crippen molar-refractivity contribution < 1.29 is 0 Å². The molecule has 2 heteroatoms. The molecule has 0 spiro atoms. The van der Waals surface area contributed by atoms with E-state index in [0.717, 1.165) is 6.54 Å². The van der Waals surface area contributed by atoms with Crippen molar-refractivity contribution in [1.29, 1.82) is 0 Å². The minimum Gasteiger partial charge on any atom is -0.329 e.